The first-order valence-corrected chi connectivity index (χ1v) is 6.48. The second-order valence-corrected chi connectivity index (χ2v) is 4.94. The van der Waals surface area contributed by atoms with Gasteiger partial charge in [-0.15, -0.1) is 0 Å². The molecule has 2 aromatic carbocycles. The molecular weight excluding hydrogens is 257 g/mol. The van der Waals surface area contributed by atoms with E-state index in [9.17, 15) is 9.50 Å². The summed E-state index contributed by atoms with van der Waals surface area (Å²) in [5, 5.41) is 9.37. The van der Waals surface area contributed by atoms with E-state index in [1.165, 1.54) is 12.1 Å². The second kappa shape index (κ2) is 6.39. The van der Waals surface area contributed by atoms with Crippen molar-refractivity contribution in [2.45, 2.75) is 26.0 Å². The molecule has 106 valence electrons. The summed E-state index contributed by atoms with van der Waals surface area (Å²) >= 11 is 0. The number of phenolic OH excluding ortho intramolecular Hbond substituents is 1. The van der Waals surface area contributed by atoms with Crippen molar-refractivity contribution in [3.63, 3.8) is 0 Å². The molecule has 2 rings (SSSR count). The minimum absolute atomic E-state index is 0.0317. The molecule has 0 aromatic heterocycles. The lowest BCUT2D eigenvalue weighted by molar-refractivity contribution is 0.303. The van der Waals surface area contributed by atoms with Gasteiger partial charge in [0.05, 0.1) is 0 Å². The van der Waals surface area contributed by atoms with Crippen LogP contribution in [0, 0.1) is 5.82 Å². The lowest BCUT2D eigenvalue weighted by Gasteiger charge is -2.10. The SMILES string of the molecule is CC(N)Cc1cc(F)cc(OCc2cccc(O)c2)c1. The third-order valence-corrected chi connectivity index (χ3v) is 2.80. The van der Waals surface area contributed by atoms with Gasteiger partial charge >= 0.3 is 0 Å². The van der Waals surface area contributed by atoms with Gasteiger partial charge < -0.3 is 15.6 Å². The molecule has 0 bridgehead atoms. The fraction of sp³-hybridized carbons (Fsp3) is 0.250. The van der Waals surface area contributed by atoms with E-state index in [-0.39, 0.29) is 24.2 Å². The van der Waals surface area contributed by atoms with Gasteiger partial charge in [0.2, 0.25) is 0 Å². The fourth-order valence-corrected chi connectivity index (χ4v) is 2.01. The van der Waals surface area contributed by atoms with Crippen molar-refractivity contribution in [2.24, 2.45) is 5.73 Å². The van der Waals surface area contributed by atoms with Crippen molar-refractivity contribution in [3.8, 4) is 11.5 Å². The molecule has 0 aliphatic carbocycles. The average Bonchev–Trinajstić information content (AvgIpc) is 2.35. The Morgan fingerprint density at radius 1 is 1.20 bits per heavy atom. The summed E-state index contributed by atoms with van der Waals surface area (Å²) in [7, 11) is 0. The molecule has 3 nitrogen and oxygen atoms in total. The predicted molar refractivity (Wildman–Crippen MR) is 76.2 cm³/mol. The summed E-state index contributed by atoms with van der Waals surface area (Å²) in [6.45, 7) is 2.15. The number of hydrogen-bond donors (Lipinski definition) is 2. The van der Waals surface area contributed by atoms with Crippen LogP contribution in [0.3, 0.4) is 0 Å². The van der Waals surface area contributed by atoms with E-state index < -0.39 is 0 Å². The number of hydrogen-bond acceptors (Lipinski definition) is 3. The van der Waals surface area contributed by atoms with E-state index in [2.05, 4.69) is 0 Å². The van der Waals surface area contributed by atoms with Gasteiger partial charge in [-0.25, -0.2) is 4.39 Å². The number of halogens is 1. The van der Waals surface area contributed by atoms with Gasteiger partial charge in [-0.3, -0.25) is 0 Å². The van der Waals surface area contributed by atoms with Crippen LogP contribution in [0.2, 0.25) is 0 Å². The maximum Gasteiger partial charge on any atom is 0.127 e. The Morgan fingerprint density at radius 3 is 2.70 bits per heavy atom. The van der Waals surface area contributed by atoms with Crippen LogP contribution in [-0.2, 0) is 13.0 Å². The zero-order chi connectivity index (χ0) is 14.5. The van der Waals surface area contributed by atoms with Crippen molar-refractivity contribution in [1.29, 1.82) is 0 Å². The van der Waals surface area contributed by atoms with Crippen LogP contribution < -0.4 is 10.5 Å². The third-order valence-electron chi connectivity index (χ3n) is 2.80. The molecule has 1 unspecified atom stereocenters. The van der Waals surface area contributed by atoms with Gasteiger partial charge in [0.25, 0.3) is 0 Å². The van der Waals surface area contributed by atoms with E-state index in [1.807, 2.05) is 13.0 Å². The van der Waals surface area contributed by atoms with Crippen molar-refractivity contribution >= 4 is 0 Å². The first-order valence-electron chi connectivity index (χ1n) is 6.48. The number of ether oxygens (including phenoxy) is 1. The molecule has 4 heteroatoms. The van der Waals surface area contributed by atoms with Gasteiger partial charge in [0, 0.05) is 12.1 Å². The van der Waals surface area contributed by atoms with Gasteiger partial charge in [-0.2, -0.15) is 0 Å². The molecule has 20 heavy (non-hydrogen) atoms. The topological polar surface area (TPSA) is 55.5 Å². The summed E-state index contributed by atoms with van der Waals surface area (Å²) in [6.07, 6.45) is 0.597. The zero-order valence-corrected chi connectivity index (χ0v) is 11.3. The molecule has 3 N–H and O–H groups in total. The van der Waals surface area contributed by atoms with Crippen LogP contribution in [0.25, 0.3) is 0 Å². The Kier molecular flexibility index (Phi) is 4.58. The van der Waals surface area contributed by atoms with Gasteiger partial charge in [-0.05, 0) is 48.7 Å². The van der Waals surface area contributed by atoms with Gasteiger partial charge in [0.15, 0.2) is 0 Å². The molecule has 0 fully saturated rings. The van der Waals surface area contributed by atoms with E-state index in [0.29, 0.717) is 12.2 Å². The number of benzene rings is 2. The van der Waals surface area contributed by atoms with Crippen LogP contribution in [0.1, 0.15) is 18.1 Å². The smallest absolute Gasteiger partial charge is 0.127 e. The van der Waals surface area contributed by atoms with E-state index in [4.69, 9.17) is 10.5 Å². The van der Waals surface area contributed by atoms with E-state index in [1.54, 1.807) is 24.3 Å². The molecule has 0 radical (unpaired) electrons. The number of aromatic hydroxyl groups is 1. The first-order chi connectivity index (χ1) is 9.52. The molecule has 0 saturated carbocycles. The number of rotatable bonds is 5. The summed E-state index contributed by atoms with van der Waals surface area (Å²) < 4.78 is 19.1. The largest absolute Gasteiger partial charge is 0.508 e. The minimum atomic E-state index is -0.339. The van der Waals surface area contributed by atoms with Crippen molar-refractivity contribution in [3.05, 3.63) is 59.4 Å². The lowest BCUT2D eigenvalue weighted by Crippen LogP contribution is -2.17. The molecule has 0 amide bonds. The Bertz CT molecular complexity index is 584. The van der Waals surface area contributed by atoms with E-state index in [0.717, 1.165) is 11.1 Å². The Hall–Kier alpha value is -2.07. The highest BCUT2D eigenvalue weighted by Crippen LogP contribution is 2.19. The standard InChI is InChI=1S/C16H18FNO2/c1-11(18)5-13-6-14(17)9-16(8-13)20-10-12-3-2-4-15(19)7-12/h2-4,6-9,11,19H,5,10,18H2,1H3. The summed E-state index contributed by atoms with van der Waals surface area (Å²) in [6, 6.07) is 11.3. The van der Waals surface area contributed by atoms with Crippen LogP contribution >= 0.6 is 0 Å². The Labute approximate surface area is 117 Å². The molecule has 0 aliphatic rings. The highest BCUT2D eigenvalue weighted by atomic mass is 19.1. The maximum atomic E-state index is 13.5. The monoisotopic (exact) mass is 275 g/mol. The first kappa shape index (κ1) is 14.3. The van der Waals surface area contributed by atoms with Gasteiger partial charge in [0.1, 0.15) is 23.9 Å². The quantitative estimate of drug-likeness (QED) is 0.882. The van der Waals surface area contributed by atoms with Gasteiger partial charge in [-0.1, -0.05) is 12.1 Å². The molecule has 1 atom stereocenters. The van der Waals surface area contributed by atoms with Crippen LogP contribution in [0.15, 0.2) is 42.5 Å². The summed E-state index contributed by atoms with van der Waals surface area (Å²) in [4.78, 5) is 0. The number of phenols is 1. The van der Waals surface area contributed by atoms with Crippen LogP contribution in [-0.4, -0.2) is 11.1 Å². The van der Waals surface area contributed by atoms with E-state index >= 15 is 0 Å². The predicted octanol–water partition coefficient (Wildman–Crippen LogP) is 3.00. The molecule has 0 saturated heterocycles. The van der Waals surface area contributed by atoms with Crippen molar-refractivity contribution in [1.82, 2.24) is 0 Å². The minimum Gasteiger partial charge on any atom is -0.508 e. The highest BCUT2D eigenvalue weighted by molar-refractivity contribution is 5.31. The molecule has 0 aliphatic heterocycles. The maximum absolute atomic E-state index is 13.5. The Morgan fingerprint density at radius 2 is 2.00 bits per heavy atom. The molecule has 0 heterocycles. The van der Waals surface area contributed by atoms with Crippen molar-refractivity contribution in [2.75, 3.05) is 0 Å². The zero-order valence-electron chi connectivity index (χ0n) is 11.3. The molecule has 0 spiro atoms. The van der Waals surface area contributed by atoms with Crippen molar-refractivity contribution < 1.29 is 14.2 Å². The normalized spacial score (nSPS) is 12.2. The lowest BCUT2D eigenvalue weighted by atomic mass is 10.1. The fourth-order valence-electron chi connectivity index (χ4n) is 2.01. The highest BCUT2D eigenvalue weighted by Gasteiger charge is 2.05. The summed E-state index contributed by atoms with van der Waals surface area (Å²) in [5.41, 5.74) is 7.35. The number of nitrogens with two attached hydrogens (primary N) is 1. The third kappa shape index (κ3) is 4.24. The molecule has 2 aromatic rings. The second-order valence-electron chi connectivity index (χ2n) is 4.94. The molecular formula is C16H18FNO2. The van der Waals surface area contributed by atoms with Crippen LogP contribution in [0.5, 0.6) is 11.5 Å². The average molecular weight is 275 g/mol. The summed E-state index contributed by atoms with van der Waals surface area (Å²) in [5.74, 6) is 0.307. The Balaban J connectivity index is 2.07. The van der Waals surface area contributed by atoms with Crippen LogP contribution in [0.4, 0.5) is 4.39 Å².